The maximum Gasteiger partial charge on any atom is 0.247 e. The summed E-state index contributed by atoms with van der Waals surface area (Å²) in [6, 6.07) is 25.2. The molecule has 2 heterocycles. The fourth-order valence-electron chi connectivity index (χ4n) is 9.62. The molecule has 2 nitrogen and oxygen atoms in total. The van der Waals surface area contributed by atoms with Crippen molar-refractivity contribution in [2.24, 2.45) is 5.92 Å². The molecule has 43 heavy (non-hydrogen) atoms. The monoisotopic (exact) mass is 554 g/mol. The molecular weight excluding hydrogens is 519 g/mol. The number of nitrogens with zero attached hydrogens (tertiary/aromatic N) is 2. The molecule has 7 aliphatic rings. The lowest BCUT2D eigenvalue weighted by molar-refractivity contribution is 0.510. The van der Waals surface area contributed by atoms with Crippen LogP contribution in [0, 0.1) is 12.8 Å². The van der Waals surface area contributed by atoms with E-state index in [9.17, 15) is 0 Å². The second-order valence-corrected chi connectivity index (χ2v) is 14.4. The first-order valence-electron chi connectivity index (χ1n) is 16.7. The van der Waals surface area contributed by atoms with E-state index >= 15 is 0 Å². The topological polar surface area (TPSA) is 6.48 Å². The van der Waals surface area contributed by atoms with Gasteiger partial charge in [0.05, 0.1) is 6.04 Å². The molecule has 2 aliphatic heterocycles. The highest BCUT2D eigenvalue weighted by Gasteiger charge is 2.51. The molecule has 208 valence electrons. The van der Waals surface area contributed by atoms with Gasteiger partial charge in [0.25, 0.3) is 0 Å². The molecule has 5 aliphatic carbocycles. The van der Waals surface area contributed by atoms with E-state index in [1.54, 1.807) is 38.9 Å². The van der Waals surface area contributed by atoms with E-state index in [1.165, 1.54) is 107 Å². The van der Waals surface area contributed by atoms with Crippen molar-refractivity contribution in [3.63, 3.8) is 0 Å². The fraction of sp³-hybridized carbons (Fsp3) is 0.300. The van der Waals surface area contributed by atoms with Crippen LogP contribution in [-0.4, -0.2) is 12.8 Å². The van der Waals surface area contributed by atoms with Crippen molar-refractivity contribution in [2.45, 2.75) is 71.3 Å². The van der Waals surface area contributed by atoms with Gasteiger partial charge in [-0.3, -0.25) is 0 Å². The average Bonchev–Trinajstić information content (AvgIpc) is 2.93. The Morgan fingerprint density at radius 2 is 1.28 bits per heavy atom. The lowest BCUT2D eigenvalue weighted by Crippen LogP contribution is -2.63. The summed E-state index contributed by atoms with van der Waals surface area (Å²) in [4.78, 5) is 5.42. The minimum absolute atomic E-state index is 0.305. The molecule has 0 saturated carbocycles. The largest absolute Gasteiger partial charge is 0.335 e. The van der Waals surface area contributed by atoms with Gasteiger partial charge < -0.3 is 9.80 Å². The predicted octanol–water partition coefficient (Wildman–Crippen LogP) is 7.41. The first-order chi connectivity index (χ1) is 21.1. The van der Waals surface area contributed by atoms with E-state index in [2.05, 4.69) is 90.4 Å². The summed E-state index contributed by atoms with van der Waals surface area (Å²) in [6.07, 6.45) is 12.5. The Hall–Kier alpha value is -3.98. The molecule has 0 saturated heterocycles. The van der Waals surface area contributed by atoms with E-state index in [-0.39, 0.29) is 0 Å². The average molecular weight is 555 g/mol. The van der Waals surface area contributed by atoms with Gasteiger partial charge in [-0.15, -0.1) is 0 Å². The minimum atomic E-state index is 0.305. The SMILES string of the molecule is Cc1cc2c3c(c1)N(c1ccc4c(c1)CC4)C1C(=CC4=C(CC4)C1C)B3c1cc3c(cc1N2c1ccc2c(c1)CC2)CC3. The zero-order chi connectivity index (χ0) is 28.1. The summed E-state index contributed by atoms with van der Waals surface area (Å²) in [7, 11) is 0. The third kappa shape index (κ3) is 2.92. The second-order valence-electron chi connectivity index (χ2n) is 14.4. The van der Waals surface area contributed by atoms with Gasteiger partial charge in [-0.25, -0.2) is 0 Å². The number of aryl methyl sites for hydroxylation is 7. The molecule has 0 amide bonds. The lowest BCUT2D eigenvalue weighted by atomic mass is 9.30. The van der Waals surface area contributed by atoms with Crippen LogP contribution in [0.25, 0.3) is 0 Å². The molecule has 0 spiro atoms. The Morgan fingerprint density at radius 1 is 0.628 bits per heavy atom. The smallest absolute Gasteiger partial charge is 0.247 e. The number of hydrogen-bond acceptors (Lipinski definition) is 2. The quantitative estimate of drug-likeness (QED) is 0.238. The van der Waals surface area contributed by atoms with Crippen LogP contribution in [0.1, 0.15) is 58.7 Å². The number of benzene rings is 4. The standard InChI is InChI=1S/C40H35BN2/c1-22-15-37-39-38(16-22)43(32-13-10-25-4-6-27(25)18-32)40-23(2)33-14-11-30(33)20-35(40)41(39)34-19-28-7-8-29(28)21-36(34)42(37)31-12-9-24-3-5-26(24)17-31/h9-10,12-13,15-21,23,40H,3-8,11,14H2,1-2H3. The number of allylic oxidation sites excluding steroid dienone is 2. The van der Waals surface area contributed by atoms with E-state index in [0.29, 0.717) is 18.7 Å². The summed E-state index contributed by atoms with van der Waals surface area (Å²) in [5.41, 5.74) is 25.6. The molecule has 0 radical (unpaired) electrons. The molecule has 3 heteroatoms. The molecule has 0 N–H and O–H groups in total. The third-order valence-corrected chi connectivity index (χ3v) is 12.3. The highest BCUT2D eigenvalue weighted by molar-refractivity contribution is 6.95. The zero-order valence-electron chi connectivity index (χ0n) is 25.1. The highest BCUT2D eigenvalue weighted by Crippen LogP contribution is 2.52. The van der Waals surface area contributed by atoms with Crippen LogP contribution < -0.4 is 20.7 Å². The maximum absolute atomic E-state index is 2.78. The van der Waals surface area contributed by atoms with Gasteiger partial charge in [-0.05, 0) is 156 Å². The molecule has 11 rings (SSSR count). The summed E-state index contributed by atoms with van der Waals surface area (Å²) in [6.45, 7) is 5.14. The Balaban J connectivity index is 1.23. The summed E-state index contributed by atoms with van der Waals surface area (Å²) >= 11 is 0. The van der Waals surface area contributed by atoms with Crippen LogP contribution >= 0.6 is 0 Å². The molecule has 2 unspecified atom stereocenters. The predicted molar refractivity (Wildman–Crippen MR) is 179 cm³/mol. The van der Waals surface area contributed by atoms with Crippen LogP contribution in [0.2, 0.25) is 0 Å². The summed E-state index contributed by atoms with van der Waals surface area (Å²) in [5, 5.41) is 0. The molecular formula is C40H35BN2. The Kier molecular flexibility index (Phi) is 4.34. The van der Waals surface area contributed by atoms with Crippen LogP contribution in [0.4, 0.5) is 28.4 Å². The van der Waals surface area contributed by atoms with E-state index in [0.717, 1.165) is 0 Å². The maximum atomic E-state index is 2.78. The van der Waals surface area contributed by atoms with Gasteiger partial charge in [-0.2, -0.15) is 0 Å². The van der Waals surface area contributed by atoms with Gasteiger partial charge in [0, 0.05) is 34.4 Å². The van der Waals surface area contributed by atoms with Crippen molar-refractivity contribution in [1.29, 1.82) is 0 Å². The third-order valence-electron chi connectivity index (χ3n) is 12.3. The van der Waals surface area contributed by atoms with Crippen molar-refractivity contribution in [2.75, 3.05) is 9.80 Å². The van der Waals surface area contributed by atoms with Gasteiger partial charge in [0.2, 0.25) is 6.71 Å². The van der Waals surface area contributed by atoms with Gasteiger partial charge in [0.15, 0.2) is 0 Å². The Morgan fingerprint density at radius 3 is 1.95 bits per heavy atom. The van der Waals surface area contributed by atoms with Gasteiger partial charge >= 0.3 is 0 Å². The molecule has 4 aromatic carbocycles. The number of anilines is 5. The van der Waals surface area contributed by atoms with Crippen LogP contribution in [0.5, 0.6) is 0 Å². The van der Waals surface area contributed by atoms with Crippen molar-refractivity contribution in [1.82, 2.24) is 0 Å². The second kappa shape index (κ2) is 7.94. The van der Waals surface area contributed by atoms with E-state index < -0.39 is 0 Å². The lowest BCUT2D eigenvalue weighted by Gasteiger charge is -2.53. The summed E-state index contributed by atoms with van der Waals surface area (Å²) in [5.74, 6) is 0.521. The molecule has 0 bridgehead atoms. The Labute approximate surface area is 254 Å². The first kappa shape index (κ1) is 23.5. The molecule has 2 atom stereocenters. The highest BCUT2D eigenvalue weighted by atomic mass is 15.2. The van der Waals surface area contributed by atoms with E-state index in [4.69, 9.17) is 0 Å². The number of fused-ring (bicyclic) bond motifs is 7. The van der Waals surface area contributed by atoms with Gasteiger partial charge in [-0.1, -0.05) is 42.2 Å². The van der Waals surface area contributed by atoms with Crippen molar-refractivity contribution < 1.29 is 0 Å². The molecule has 0 aromatic heterocycles. The van der Waals surface area contributed by atoms with Crippen molar-refractivity contribution >= 4 is 46.1 Å². The van der Waals surface area contributed by atoms with Crippen LogP contribution in [0.3, 0.4) is 0 Å². The zero-order valence-corrected chi connectivity index (χ0v) is 25.1. The van der Waals surface area contributed by atoms with Crippen molar-refractivity contribution in [3.8, 4) is 0 Å². The number of rotatable bonds is 2. The molecule has 0 fully saturated rings. The fourth-order valence-corrected chi connectivity index (χ4v) is 9.62. The van der Waals surface area contributed by atoms with Gasteiger partial charge in [0.1, 0.15) is 0 Å². The molecule has 4 aromatic rings. The Bertz CT molecular complexity index is 2050. The van der Waals surface area contributed by atoms with E-state index in [1.807, 2.05) is 0 Å². The normalized spacial score (nSPS) is 22.7. The van der Waals surface area contributed by atoms with Crippen LogP contribution in [0.15, 0.2) is 83.4 Å². The minimum Gasteiger partial charge on any atom is -0.335 e. The van der Waals surface area contributed by atoms with Crippen molar-refractivity contribution in [3.05, 3.63) is 122 Å². The van der Waals surface area contributed by atoms with Crippen LogP contribution in [-0.2, 0) is 38.5 Å². The summed E-state index contributed by atoms with van der Waals surface area (Å²) < 4.78 is 0. The first-order valence-corrected chi connectivity index (χ1v) is 16.7. The number of hydrogen-bond donors (Lipinski definition) is 0.